The molecular formula is C20H33NO3. The lowest BCUT2D eigenvalue weighted by Crippen LogP contribution is -2.25. The molecule has 1 aromatic rings. The quantitative estimate of drug-likeness (QED) is 0.548. The number of methoxy groups -OCH3 is 1. The molecule has 0 spiro atoms. The van der Waals surface area contributed by atoms with Gasteiger partial charge in [-0.1, -0.05) is 40.2 Å². The summed E-state index contributed by atoms with van der Waals surface area (Å²) in [7, 11) is 3.20. The Kier molecular flexibility index (Phi) is 10.0. The Bertz CT molecular complexity index is 540. The van der Waals surface area contributed by atoms with Gasteiger partial charge in [0.1, 0.15) is 6.29 Å². The van der Waals surface area contributed by atoms with E-state index in [9.17, 15) is 9.59 Å². The summed E-state index contributed by atoms with van der Waals surface area (Å²) >= 11 is 0. The fraction of sp³-hybridized carbons (Fsp3) is 0.600. The summed E-state index contributed by atoms with van der Waals surface area (Å²) in [6, 6.07) is 3.80. The summed E-state index contributed by atoms with van der Waals surface area (Å²) in [6.45, 7) is 10.0. The van der Waals surface area contributed by atoms with Crippen LogP contribution in [0.1, 0.15) is 68.4 Å². The van der Waals surface area contributed by atoms with Crippen LogP contribution in [0.15, 0.2) is 12.1 Å². The molecule has 0 saturated heterocycles. The van der Waals surface area contributed by atoms with Crippen LogP contribution in [-0.4, -0.2) is 26.4 Å². The molecule has 1 unspecified atom stereocenters. The predicted octanol–water partition coefficient (Wildman–Crippen LogP) is 4.79. The maximum Gasteiger partial charge on any atom is 0.338 e. The maximum absolute atomic E-state index is 11.8. The first kappa shape index (κ1) is 22.2. The minimum Gasteiger partial charge on any atom is -0.465 e. The monoisotopic (exact) mass is 335 g/mol. The number of carbonyl (C=O) groups excluding carboxylic acids is 2. The van der Waals surface area contributed by atoms with Crippen LogP contribution in [0.5, 0.6) is 0 Å². The molecule has 0 fully saturated rings. The van der Waals surface area contributed by atoms with Crippen molar-refractivity contribution in [3.63, 3.8) is 0 Å². The minimum absolute atomic E-state index is 0.334. The van der Waals surface area contributed by atoms with Gasteiger partial charge < -0.3 is 14.8 Å². The molecule has 0 heterocycles. The summed E-state index contributed by atoms with van der Waals surface area (Å²) in [5, 5.41) is 3.13. The summed E-state index contributed by atoms with van der Waals surface area (Å²) in [4.78, 5) is 23.5. The largest absolute Gasteiger partial charge is 0.465 e. The molecule has 1 aromatic carbocycles. The highest BCUT2D eigenvalue weighted by Gasteiger charge is 2.28. The number of benzene rings is 1. The molecular weight excluding hydrogens is 302 g/mol. The van der Waals surface area contributed by atoms with Crippen LogP contribution in [0.2, 0.25) is 0 Å². The van der Waals surface area contributed by atoms with E-state index < -0.39 is 0 Å². The normalized spacial score (nSPS) is 12.5. The minimum atomic E-state index is -0.341. The van der Waals surface area contributed by atoms with Gasteiger partial charge in [-0.05, 0) is 43.4 Å². The van der Waals surface area contributed by atoms with E-state index in [0.29, 0.717) is 12.0 Å². The molecule has 0 aromatic heterocycles. The molecule has 1 atom stereocenters. The van der Waals surface area contributed by atoms with Crippen LogP contribution in [0.3, 0.4) is 0 Å². The first-order valence-corrected chi connectivity index (χ1v) is 8.82. The molecule has 0 amide bonds. The molecule has 4 heteroatoms. The SMILES string of the molecule is CC.CCCC(C=O)(CC)Cc1cc(C)c(C(=O)OC)cc1NC. The van der Waals surface area contributed by atoms with Crippen molar-refractivity contribution in [1.82, 2.24) is 0 Å². The number of aryl methyl sites for hydroxylation is 1. The Labute approximate surface area is 147 Å². The van der Waals surface area contributed by atoms with Gasteiger partial charge in [-0.25, -0.2) is 4.79 Å². The number of rotatable bonds is 8. The first-order valence-electron chi connectivity index (χ1n) is 8.82. The van der Waals surface area contributed by atoms with Crippen LogP contribution in [0, 0.1) is 12.3 Å². The molecule has 136 valence electrons. The number of nitrogens with one attached hydrogen (secondary N) is 1. The summed E-state index contributed by atoms with van der Waals surface area (Å²) in [6.07, 6.45) is 4.43. The van der Waals surface area contributed by atoms with Gasteiger partial charge >= 0.3 is 5.97 Å². The van der Waals surface area contributed by atoms with Crippen molar-refractivity contribution in [1.29, 1.82) is 0 Å². The lowest BCUT2D eigenvalue weighted by Gasteiger charge is -2.27. The average Bonchev–Trinajstić information content (AvgIpc) is 2.62. The molecule has 24 heavy (non-hydrogen) atoms. The average molecular weight is 335 g/mol. The summed E-state index contributed by atoms with van der Waals surface area (Å²) in [5.41, 5.74) is 3.03. The van der Waals surface area contributed by atoms with Gasteiger partial charge in [-0.15, -0.1) is 0 Å². The molecule has 0 saturated carbocycles. The van der Waals surface area contributed by atoms with Crippen molar-refractivity contribution in [2.24, 2.45) is 5.41 Å². The summed E-state index contributed by atoms with van der Waals surface area (Å²) < 4.78 is 4.82. The zero-order valence-electron chi connectivity index (χ0n) is 16.3. The number of aldehydes is 1. The molecule has 0 radical (unpaired) electrons. The zero-order valence-corrected chi connectivity index (χ0v) is 16.3. The topological polar surface area (TPSA) is 55.4 Å². The van der Waals surface area contributed by atoms with Gasteiger partial charge in [0.25, 0.3) is 0 Å². The lowest BCUT2D eigenvalue weighted by molar-refractivity contribution is -0.116. The number of esters is 1. The van der Waals surface area contributed by atoms with Crippen molar-refractivity contribution >= 4 is 17.9 Å². The molecule has 4 nitrogen and oxygen atoms in total. The highest BCUT2D eigenvalue weighted by molar-refractivity contribution is 5.92. The Morgan fingerprint density at radius 2 is 1.92 bits per heavy atom. The predicted molar refractivity (Wildman–Crippen MR) is 101 cm³/mol. The number of hydrogen-bond donors (Lipinski definition) is 1. The van der Waals surface area contributed by atoms with E-state index in [1.165, 1.54) is 7.11 Å². The van der Waals surface area contributed by atoms with Crippen molar-refractivity contribution < 1.29 is 14.3 Å². The van der Waals surface area contributed by atoms with Gasteiger partial charge in [0, 0.05) is 18.2 Å². The van der Waals surface area contributed by atoms with Crippen molar-refractivity contribution in [2.45, 2.75) is 60.3 Å². The molecule has 0 bridgehead atoms. The van der Waals surface area contributed by atoms with Gasteiger partial charge in [-0.3, -0.25) is 0 Å². The van der Waals surface area contributed by atoms with Crippen molar-refractivity contribution in [3.8, 4) is 0 Å². The van der Waals surface area contributed by atoms with Crippen LogP contribution in [0.25, 0.3) is 0 Å². The van der Waals surface area contributed by atoms with Crippen molar-refractivity contribution in [2.75, 3.05) is 19.5 Å². The third kappa shape index (κ3) is 5.36. The van der Waals surface area contributed by atoms with Crippen LogP contribution in [0.4, 0.5) is 5.69 Å². The third-order valence-electron chi connectivity index (χ3n) is 4.37. The van der Waals surface area contributed by atoms with E-state index in [1.54, 1.807) is 0 Å². The molecule has 0 aliphatic heterocycles. The number of hydrogen-bond acceptors (Lipinski definition) is 4. The van der Waals surface area contributed by atoms with Crippen LogP contribution in [-0.2, 0) is 16.0 Å². The molecule has 0 aliphatic rings. The van der Waals surface area contributed by atoms with E-state index in [2.05, 4.69) is 19.2 Å². The van der Waals surface area contributed by atoms with Gasteiger partial charge in [0.2, 0.25) is 0 Å². The smallest absolute Gasteiger partial charge is 0.338 e. The Morgan fingerprint density at radius 1 is 1.29 bits per heavy atom. The van der Waals surface area contributed by atoms with E-state index in [4.69, 9.17) is 4.74 Å². The van der Waals surface area contributed by atoms with Crippen LogP contribution < -0.4 is 5.32 Å². The number of carbonyl (C=O) groups is 2. The lowest BCUT2D eigenvalue weighted by atomic mass is 9.76. The summed E-state index contributed by atoms with van der Waals surface area (Å²) in [5.74, 6) is -0.341. The molecule has 1 rings (SSSR count). The Balaban J connectivity index is 0.00000254. The Morgan fingerprint density at radius 3 is 2.33 bits per heavy atom. The zero-order chi connectivity index (χ0) is 18.8. The maximum atomic E-state index is 11.8. The molecule has 1 N–H and O–H groups in total. The third-order valence-corrected chi connectivity index (χ3v) is 4.37. The highest BCUT2D eigenvalue weighted by Crippen LogP contribution is 2.34. The van der Waals surface area contributed by atoms with Gasteiger partial charge in [0.05, 0.1) is 12.7 Å². The second-order valence-corrected chi connectivity index (χ2v) is 5.83. The second kappa shape index (κ2) is 10.8. The van der Waals surface area contributed by atoms with E-state index in [-0.39, 0.29) is 11.4 Å². The van der Waals surface area contributed by atoms with E-state index in [0.717, 1.165) is 42.4 Å². The Hall–Kier alpha value is -1.84. The standard InChI is InChI=1S/C18H27NO3.C2H6/c1-6-8-18(7-2,12-20)11-14-9-13(3)15(17(21)22-5)10-16(14)19-4;1-2/h9-10,12,19H,6-8,11H2,1-5H3;1-2H3. The number of anilines is 1. The number of ether oxygens (including phenoxy) is 1. The van der Waals surface area contributed by atoms with Gasteiger partial charge in [-0.2, -0.15) is 0 Å². The van der Waals surface area contributed by atoms with E-state index >= 15 is 0 Å². The van der Waals surface area contributed by atoms with Crippen molar-refractivity contribution in [3.05, 3.63) is 28.8 Å². The highest BCUT2D eigenvalue weighted by atomic mass is 16.5. The van der Waals surface area contributed by atoms with Gasteiger partial charge in [0.15, 0.2) is 0 Å². The fourth-order valence-corrected chi connectivity index (χ4v) is 2.93. The van der Waals surface area contributed by atoms with E-state index in [1.807, 2.05) is 40.0 Å². The molecule has 0 aliphatic carbocycles. The second-order valence-electron chi connectivity index (χ2n) is 5.83. The van der Waals surface area contributed by atoms with Crippen LogP contribution >= 0.6 is 0 Å². The first-order chi connectivity index (χ1) is 11.5. The fourth-order valence-electron chi connectivity index (χ4n) is 2.93.